The Bertz CT molecular complexity index is 944. The Kier molecular flexibility index (Phi) is 4.11. The molecule has 4 rings (SSSR count). The molecule has 0 saturated carbocycles. The van der Waals surface area contributed by atoms with Gasteiger partial charge in [0.1, 0.15) is 12.0 Å². The molecule has 25 heavy (non-hydrogen) atoms. The van der Waals surface area contributed by atoms with Crippen molar-refractivity contribution in [1.82, 2.24) is 9.97 Å². The molecule has 0 radical (unpaired) electrons. The van der Waals surface area contributed by atoms with Crippen molar-refractivity contribution < 1.29 is 0 Å². The van der Waals surface area contributed by atoms with E-state index in [0.717, 1.165) is 24.3 Å². The van der Waals surface area contributed by atoms with Crippen molar-refractivity contribution in [1.29, 1.82) is 0 Å². The van der Waals surface area contributed by atoms with E-state index in [1.807, 2.05) is 18.2 Å². The smallest absolute Gasteiger partial charge is 0.161 e. The van der Waals surface area contributed by atoms with E-state index in [1.165, 1.54) is 11.9 Å². The van der Waals surface area contributed by atoms with Crippen LogP contribution in [0.4, 0.5) is 28.7 Å². The van der Waals surface area contributed by atoms with E-state index in [1.54, 1.807) is 12.1 Å². The summed E-state index contributed by atoms with van der Waals surface area (Å²) in [5, 5.41) is 4.15. The number of nitrogens with zero attached hydrogens (tertiary/aromatic N) is 3. The van der Waals surface area contributed by atoms with E-state index in [4.69, 9.17) is 28.9 Å². The Morgan fingerprint density at radius 2 is 1.88 bits per heavy atom. The molecule has 2 aromatic carbocycles. The van der Waals surface area contributed by atoms with Gasteiger partial charge in [0.05, 0.1) is 10.0 Å². The molecule has 1 aromatic heterocycles. The number of nitrogens with two attached hydrogens (primary N) is 1. The Labute approximate surface area is 155 Å². The number of para-hydroxylation sites is 1. The predicted octanol–water partition coefficient (Wildman–Crippen LogP) is 4.80. The van der Waals surface area contributed by atoms with Gasteiger partial charge in [0.2, 0.25) is 0 Å². The normalized spacial score (nSPS) is 13.0. The Morgan fingerprint density at radius 1 is 1.04 bits per heavy atom. The third kappa shape index (κ3) is 2.97. The molecule has 0 saturated heterocycles. The lowest BCUT2D eigenvalue weighted by Crippen LogP contribution is -2.17. The average molecular weight is 372 g/mol. The highest BCUT2D eigenvalue weighted by atomic mass is 35.5. The highest BCUT2D eigenvalue weighted by Crippen LogP contribution is 2.38. The maximum Gasteiger partial charge on any atom is 0.161 e. The highest BCUT2D eigenvalue weighted by Gasteiger charge is 2.24. The summed E-state index contributed by atoms with van der Waals surface area (Å²) in [4.78, 5) is 10.8. The molecule has 5 nitrogen and oxygen atoms in total. The van der Waals surface area contributed by atoms with Crippen LogP contribution in [0.2, 0.25) is 10.0 Å². The van der Waals surface area contributed by atoms with Crippen molar-refractivity contribution in [2.45, 2.75) is 6.42 Å². The summed E-state index contributed by atoms with van der Waals surface area (Å²) < 4.78 is 0. The first-order chi connectivity index (χ1) is 12.1. The Hall–Kier alpha value is -2.50. The van der Waals surface area contributed by atoms with Crippen LogP contribution in [-0.4, -0.2) is 16.5 Å². The minimum Gasteiger partial charge on any atom is -0.393 e. The topological polar surface area (TPSA) is 67.1 Å². The third-order valence-electron chi connectivity index (χ3n) is 4.19. The summed E-state index contributed by atoms with van der Waals surface area (Å²) >= 11 is 12.0. The number of hydrogen-bond donors (Lipinski definition) is 2. The van der Waals surface area contributed by atoms with E-state index in [9.17, 15) is 0 Å². The first-order valence-corrected chi connectivity index (χ1v) is 8.57. The summed E-state index contributed by atoms with van der Waals surface area (Å²) in [5.74, 6) is 1.23. The number of benzene rings is 2. The van der Waals surface area contributed by atoms with Crippen LogP contribution in [0.5, 0.6) is 0 Å². The van der Waals surface area contributed by atoms with Gasteiger partial charge in [-0.15, -0.1) is 0 Å². The van der Waals surface area contributed by atoms with Crippen LogP contribution in [-0.2, 0) is 6.42 Å². The fraction of sp³-hybridized carbons (Fsp3) is 0.111. The van der Waals surface area contributed by atoms with Crippen molar-refractivity contribution in [2.24, 2.45) is 0 Å². The monoisotopic (exact) mass is 371 g/mol. The van der Waals surface area contributed by atoms with E-state index in [-0.39, 0.29) is 0 Å². The van der Waals surface area contributed by atoms with Gasteiger partial charge in [-0.1, -0.05) is 41.4 Å². The third-order valence-corrected chi connectivity index (χ3v) is 4.93. The van der Waals surface area contributed by atoms with Gasteiger partial charge in [-0.3, -0.25) is 0 Å². The van der Waals surface area contributed by atoms with Crippen molar-refractivity contribution in [3.8, 4) is 0 Å². The van der Waals surface area contributed by atoms with E-state index >= 15 is 0 Å². The van der Waals surface area contributed by atoms with Crippen LogP contribution in [0, 0.1) is 0 Å². The average Bonchev–Trinajstić information content (AvgIpc) is 3.04. The predicted molar refractivity (Wildman–Crippen MR) is 103 cm³/mol. The van der Waals surface area contributed by atoms with E-state index < -0.39 is 0 Å². The number of anilines is 5. The second kappa shape index (κ2) is 6.43. The van der Waals surface area contributed by atoms with Crippen LogP contribution in [0.3, 0.4) is 0 Å². The molecule has 0 unspecified atom stereocenters. The Morgan fingerprint density at radius 3 is 2.72 bits per heavy atom. The summed E-state index contributed by atoms with van der Waals surface area (Å²) in [6.45, 7) is 0.840. The number of rotatable bonds is 3. The lowest BCUT2D eigenvalue weighted by Gasteiger charge is -2.21. The highest BCUT2D eigenvalue weighted by molar-refractivity contribution is 6.42. The molecule has 0 aliphatic carbocycles. The second-order valence-electron chi connectivity index (χ2n) is 5.74. The van der Waals surface area contributed by atoms with Crippen LogP contribution in [0.15, 0.2) is 48.8 Å². The second-order valence-corrected chi connectivity index (χ2v) is 6.56. The molecule has 1 aliphatic heterocycles. The molecule has 0 amide bonds. The number of halogens is 2. The zero-order chi connectivity index (χ0) is 17.4. The summed E-state index contributed by atoms with van der Waals surface area (Å²) in [5.41, 5.74) is 10.0. The molecule has 7 heteroatoms. The molecular formula is C18H15Cl2N5. The van der Waals surface area contributed by atoms with Crippen molar-refractivity contribution in [3.63, 3.8) is 0 Å². The largest absolute Gasteiger partial charge is 0.393 e. The van der Waals surface area contributed by atoms with Gasteiger partial charge in [-0.2, -0.15) is 0 Å². The number of nitrogens with one attached hydrogen (secondary N) is 1. The summed E-state index contributed by atoms with van der Waals surface area (Å²) in [7, 11) is 0. The maximum absolute atomic E-state index is 6.35. The van der Waals surface area contributed by atoms with Gasteiger partial charge in [0.25, 0.3) is 0 Å². The van der Waals surface area contributed by atoms with Crippen LogP contribution < -0.4 is 16.0 Å². The number of fused-ring (bicyclic) bond motifs is 1. The molecule has 0 bridgehead atoms. The molecule has 3 aromatic rings. The Balaban J connectivity index is 1.68. The summed E-state index contributed by atoms with van der Waals surface area (Å²) in [6, 6.07) is 13.5. The van der Waals surface area contributed by atoms with Crippen LogP contribution in [0.1, 0.15) is 5.56 Å². The van der Waals surface area contributed by atoms with Crippen LogP contribution in [0.25, 0.3) is 0 Å². The maximum atomic E-state index is 6.35. The lowest BCUT2D eigenvalue weighted by molar-refractivity contribution is 0.967. The van der Waals surface area contributed by atoms with Crippen molar-refractivity contribution in [2.75, 3.05) is 22.5 Å². The molecule has 126 valence electrons. The van der Waals surface area contributed by atoms with Crippen LogP contribution >= 0.6 is 23.2 Å². The molecule has 0 fully saturated rings. The minimum atomic E-state index is 0.466. The van der Waals surface area contributed by atoms with Crippen molar-refractivity contribution in [3.05, 3.63) is 64.4 Å². The number of aromatic nitrogens is 2. The van der Waals surface area contributed by atoms with E-state index in [2.05, 4.69) is 32.3 Å². The van der Waals surface area contributed by atoms with Gasteiger partial charge in [-0.05, 0) is 36.2 Å². The molecule has 0 atom stereocenters. The fourth-order valence-electron chi connectivity index (χ4n) is 2.97. The molecule has 0 spiro atoms. The zero-order valence-corrected chi connectivity index (χ0v) is 14.7. The first kappa shape index (κ1) is 16.0. The fourth-order valence-corrected chi connectivity index (χ4v) is 3.27. The lowest BCUT2D eigenvalue weighted by atomic mass is 10.2. The molecule has 1 aliphatic rings. The number of hydrogen-bond acceptors (Lipinski definition) is 5. The standard InChI is InChI=1S/C18H15Cl2N5/c19-13-6-5-12(9-14(13)20)24-17-16(21)18(23-10-22-17)25-8-7-11-3-1-2-4-15(11)25/h1-6,9-10H,7-8,21H2,(H,22,23,24). The van der Waals surface area contributed by atoms with Crippen molar-refractivity contribution >= 4 is 51.9 Å². The SMILES string of the molecule is Nc1c(Nc2ccc(Cl)c(Cl)c2)ncnc1N1CCc2ccccc21. The van der Waals surface area contributed by atoms with Gasteiger partial charge < -0.3 is 16.0 Å². The van der Waals surface area contributed by atoms with Gasteiger partial charge in [0, 0.05) is 17.9 Å². The number of nitrogen functional groups attached to an aromatic ring is 1. The zero-order valence-electron chi connectivity index (χ0n) is 13.2. The quantitative estimate of drug-likeness (QED) is 0.691. The first-order valence-electron chi connectivity index (χ1n) is 7.81. The van der Waals surface area contributed by atoms with E-state index in [0.29, 0.717) is 27.4 Å². The molecule has 2 heterocycles. The van der Waals surface area contributed by atoms with Gasteiger partial charge >= 0.3 is 0 Å². The molecule has 3 N–H and O–H groups in total. The molecular weight excluding hydrogens is 357 g/mol. The summed E-state index contributed by atoms with van der Waals surface area (Å²) in [6.07, 6.45) is 2.47. The van der Waals surface area contributed by atoms with Gasteiger partial charge in [-0.25, -0.2) is 9.97 Å². The van der Waals surface area contributed by atoms with Gasteiger partial charge in [0.15, 0.2) is 11.6 Å². The minimum absolute atomic E-state index is 0.466.